The van der Waals surface area contributed by atoms with Crippen LogP contribution in [-0.4, -0.2) is 55.1 Å². The molecule has 0 unspecified atom stereocenters. The molecule has 0 atom stereocenters. The second-order valence-corrected chi connectivity index (χ2v) is 6.99. The zero-order valence-corrected chi connectivity index (χ0v) is 14.5. The summed E-state index contributed by atoms with van der Waals surface area (Å²) in [5.74, 6) is -0.350. The number of nitro groups is 1. The van der Waals surface area contributed by atoms with Gasteiger partial charge < -0.3 is 4.90 Å². The fraction of sp³-hybridized carbons (Fsp3) is 0.500. The summed E-state index contributed by atoms with van der Waals surface area (Å²) in [6.07, 6.45) is 0. The van der Waals surface area contributed by atoms with Crippen LogP contribution in [0, 0.1) is 17.0 Å². The maximum Gasteiger partial charge on any atom is 0.289 e. The van der Waals surface area contributed by atoms with Crippen molar-refractivity contribution in [2.24, 2.45) is 0 Å². The molecule has 1 amide bonds. The summed E-state index contributed by atoms with van der Waals surface area (Å²) in [4.78, 5) is 23.6. The third kappa shape index (κ3) is 4.05. The Hall–Kier alpha value is -2.00. The number of nitro benzene ring substituents is 1. The van der Waals surface area contributed by atoms with Crippen molar-refractivity contribution in [2.75, 3.05) is 26.7 Å². The zero-order valence-electron chi connectivity index (χ0n) is 13.6. The van der Waals surface area contributed by atoms with Crippen molar-refractivity contribution in [3.8, 4) is 0 Å². The molecule has 0 aliphatic rings. The molecule has 23 heavy (non-hydrogen) atoms. The number of carbonyl (C=O) groups is 1. The molecule has 8 nitrogen and oxygen atoms in total. The standard InChI is InChI=1S/C14H21N3O5S/c1-5-16(6-2)13(18)10-15(4)23(21,22)14-11(3)8-7-9-12(14)17(19)20/h7-9H,5-6,10H2,1-4H3. The number of amides is 1. The minimum absolute atomic E-state index is 0.265. The molecule has 1 rings (SSSR count). The molecule has 0 aromatic heterocycles. The van der Waals surface area contributed by atoms with Crippen LogP contribution in [0.3, 0.4) is 0 Å². The summed E-state index contributed by atoms with van der Waals surface area (Å²) >= 11 is 0. The Balaban J connectivity index is 3.22. The lowest BCUT2D eigenvalue weighted by molar-refractivity contribution is -0.387. The van der Waals surface area contributed by atoms with Crippen molar-refractivity contribution in [3.05, 3.63) is 33.9 Å². The molecule has 1 aromatic carbocycles. The van der Waals surface area contributed by atoms with Gasteiger partial charge in [0.2, 0.25) is 15.9 Å². The molecule has 0 spiro atoms. The predicted molar refractivity (Wildman–Crippen MR) is 85.6 cm³/mol. The van der Waals surface area contributed by atoms with Gasteiger partial charge in [0.1, 0.15) is 0 Å². The highest BCUT2D eigenvalue weighted by Crippen LogP contribution is 2.29. The van der Waals surface area contributed by atoms with Crippen LogP contribution in [-0.2, 0) is 14.8 Å². The van der Waals surface area contributed by atoms with Gasteiger partial charge in [0.15, 0.2) is 4.90 Å². The van der Waals surface area contributed by atoms with Gasteiger partial charge in [-0.1, -0.05) is 12.1 Å². The maximum absolute atomic E-state index is 12.7. The van der Waals surface area contributed by atoms with E-state index in [2.05, 4.69) is 0 Å². The Labute approximate surface area is 135 Å². The van der Waals surface area contributed by atoms with Crippen molar-refractivity contribution in [3.63, 3.8) is 0 Å². The van der Waals surface area contributed by atoms with Crippen LogP contribution in [0.2, 0.25) is 0 Å². The Morgan fingerprint density at radius 1 is 1.26 bits per heavy atom. The molecule has 0 bridgehead atoms. The van der Waals surface area contributed by atoms with Gasteiger partial charge in [0, 0.05) is 26.2 Å². The lowest BCUT2D eigenvalue weighted by Gasteiger charge is -2.23. The smallest absolute Gasteiger partial charge is 0.289 e. The van der Waals surface area contributed by atoms with Gasteiger partial charge in [-0.2, -0.15) is 4.31 Å². The highest BCUT2D eigenvalue weighted by atomic mass is 32.2. The van der Waals surface area contributed by atoms with E-state index in [1.165, 1.54) is 31.0 Å². The van der Waals surface area contributed by atoms with E-state index < -0.39 is 20.6 Å². The molecular weight excluding hydrogens is 322 g/mol. The molecule has 1 aromatic rings. The van der Waals surface area contributed by atoms with Crippen LogP contribution in [0.25, 0.3) is 0 Å². The van der Waals surface area contributed by atoms with Gasteiger partial charge in [0.25, 0.3) is 5.69 Å². The monoisotopic (exact) mass is 343 g/mol. The van der Waals surface area contributed by atoms with E-state index in [-0.39, 0.29) is 22.9 Å². The van der Waals surface area contributed by atoms with E-state index in [4.69, 9.17) is 0 Å². The molecule has 0 radical (unpaired) electrons. The Morgan fingerprint density at radius 2 is 1.83 bits per heavy atom. The summed E-state index contributed by atoms with van der Waals surface area (Å²) in [5.41, 5.74) is -0.228. The molecule has 0 saturated heterocycles. The first-order valence-electron chi connectivity index (χ1n) is 7.14. The van der Waals surface area contributed by atoms with Crippen molar-refractivity contribution in [2.45, 2.75) is 25.7 Å². The molecule has 0 heterocycles. The highest BCUT2D eigenvalue weighted by molar-refractivity contribution is 7.89. The first-order chi connectivity index (χ1) is 10.7. The average Bonchev–Trinajstić information content (AvgIpc) is 2.47. The second kappa shape index (κ2) is 7.51. The molecular formula is C14H21N3O5S. The van der Waals surface area contributed by atoms with Crippen molar-refractivity contribution < 1.29 is 18.1 Å². The number of aryl methyl sites for hydroxylation is 1. The normalized spacial score (nSPS) is 11.5. The van der Waals surface area contributed by atoms with Crippen LogP contribution in [0.5, 0.6) is 0 Å². The van der Waals surface area contributed by atoms with Gasteiger partial charge in [0.05, 0.1) is 11.5 Å². The molecule has 0 N–H and O–H groups in total. The lowest BCUT2D eigenvalue weighted by atomic mass is 10.2. The fourth-order valence-corrected chi connectivity index (χ4v) is 3.70. The lowest BCUT2D eigenvalue weighted by Crippen LogP contribution is -2.41. The van der Waals surface area contributed by atoms with Crippen molar-refractivity contribution in [1.82, 2.24) is 9.21 Å². The van der Waals surface area contributed by atoms with Crippen LogP contribution in [0.1, 0.15) is 19.4 Å². The van der Waals surface area contributed by atoms with Crippen LogP contribution >= 0.6 is 0 Å². The maximum atomic E-state index is 12.7. The number of rotatable bonds is 7. The first kappa shape index (κ1) is 19.0. The number of nitrogens with zero attached hydrogens (tertiary/aromatic N) is 3. The third-order valence-corrected chi connectivity index (χ3v) is 5.53. The average molecular weight is 343 g/mol. The number of likely N-dealkylation sites (N-methyl/N-ethyl adjacent to an activating group) is 2. The number of hydrogen-bond donors (Lipinski definition) is 0. The summed E-state index contributed by atoms with van der Waals surface area (Å²) in [6.45, 7) is 5.64. The van der Waals surface area contributed by atoms with Gasteiger partial charge in [-0.05, 0) is 26.3 Å². The summed E-state index contributed by atoms with van der Waals surface area (Å²) in [6, 6.07) is 4.05. The topological polar surface area (TPSA) is 101 Å². The molecule has 9 heteroatoms. The Morgan fingerprint density at radius 3 is 2.30 bits per heavy atom. The zero-order chi connectivity index (χ0) is 17.8. The minimum Gasteiger partial charge on any atom is -0.342 e. The van der Waals surface area contributed by atoms with E-state index in [0.717, 1.165) is 10.4 Å². The summed E-state index contributed by atoms with van der Waals surface area (Å²) in [5, 5.41) is 11.1. The van der Waals surface area contributed by atoms with Gasteiger partial charge in [-0.3, -0.25) is 14.9 Å². The highest BCUT2D eigenvalue weighted by Gasteiger charge is 2.32. The molecule has 0 aliphatic heterocycles. The van der Waals surface area contributed by atoms with Crippen molar-refractivity contribution >= 4 is 21.6 Å². The van der Waals surface area contributed by atoms with Gasteiger partial charge >= 0.3 is 0 Å². The largest absolute Gasteiger partial charge is 0.342 e. The Kier molecular flexibility index (Phi) is 6.22. The SMILES string of the molecule is CCN(CC)C(=O)CN(C)S(=O)(=O)c1c(C)cccc1[N+](=O)[O-]. The van der Waals surface area contributed by atoms with Gasteiger partial charge in [-0.15, -0.1) is 0 Å². The third-order valence-electron chi connectivity index (χ3n) is 3.53. The van der Waals surface area contributed by atoms with Crippen LogP contribution in [0.15, 0.2) is 23.1 Å². The number of benzene rings is 1. The molecule has 0 saturated carbocycles. The van der Waals surface area contributed by atoms with Gasteiger partial charge in [-0.25, -0.2) is 8.42 Å². The van der Waals surface area contributed by atoms with E-state index >= 15 is 0 Å². The van der Waals surface area contributed by atoms with E-state index in [0.29, 0.717) is 13.1 Å². The molecule has 0 fully saturated rings. The van der Waals surface area contributed by atoms with E-state index in [9.17, 15) is 23.3 Å². The number of hydrogen-bond acceptors (Lipinski definition) is 5. The molecule has 0 aliphatic carbocycles. The predicted octanol–water partition coefficient (Wildman–Crippen LogP) is 1.39. The molecule has 128 valence electrons. The number of sulfonamides is 1. The van der Waals surface area contributed by atoms with Crippen molar-refractivity contribution in [1.29, 1.82) is 0 Å². The summed E-state index contributed by atoms with van der Waals surface area (Å²) < 4.78 is 26.2. The quantitative estimate of drug-likeness (QED) is 0.550. The Bertz CT molecular complexity index is 698. The van der Waals surface area contributed by atoms with E-state index in [1.807, 2.05) is 0 Å². The fourth-order valence-electron chi connectivity index (χ4n) is 2.22. The summed E-state index contributed by atoms with van der Waals surface area (Å²) in [7, 11) is -2.90. The van der Waals surface area contributed by atoms with E-state index in [1.54, 1.807) is 13.8 Å². The van der Waals surface area contributed by atoms with Crippen LogP contribution in [0.4, 0.5) is 5.69 Å². The van der Waals surface area contributed by atoms with Crippen LogP contribution < -0.4 is 0 Å². The number of carbonyl (C=O) groups excluding carboxylic acids is 1. The second-order valence-electron chi connectivity index (χ2n) is 5.01. The first-order valence-corrected chi connectivity index (χ1v) is 8.58. The minimum atomic E-state index is -4.15.